The molecule has 2 saturated heterocycles. The number of nitrogens with one attached hydrogen (secondary N) is 1. The fourth-order valence-electron chi connectivity index (χ4n) is 3.84. The zero-order valence-electron chi connectivity index (χ0n) is 16.7. The summed E-state index contributed by atoms with van der Waals surface area (Å²) in [6.07, 6.45) is 7.39. The minimum absolute atomic E-state index is 0. The van der Waals surface area contributed by atoms with Crippen molar-refractivity contribution in [3.8, 4) is 0 Å². The zero-order chi connectivity index (χ0) is 18.2. The molecule has 8 heteroatoms. The fraction of sp³-hybridized carbons (Fsp3) is 0.737. The van der Waals surface area contributed by atoms with Crippen LogP contribution in [-0.4, -0.2) is 85.1 Å². The molecule has 1 unspecified atom stereocenters. The van der Waals surface area contributed by atoms with Crippen molar-refractivity contribution in [2.75, 3.05) is 64.3 Å². The normalized spacial score (nSPS) is 21.7. The summed E-state index contributed by atoms with van der Waals surface area (Å²) in [4.78, 5) is 20.4. The standard InChI is InChI=1S/C19H33N7.HI/c1-17-6-3-11-26(16-17)18(20-2)21-9-5-10-24-12-14-25(15-13-24)19-22-7-4-8-23-19;/h4,7-8,17H,3,5-6,9-16H2,1-2H3,(H,20,21);1H. The summed E-state index contributed by atoms with van der Waals surface area (Å²) in [5, 5.41) is 3.55. The maximum atomic E-state index is 4.47. The van der Waals surface area contributed by atoms with Gasteiger partial charge in [-0.2, -0.15) is 0 Å². The van der Waals surface area contributed by atoms with Crippen LogP contribution in [0, 0.1) is 5.92 Å². The average molecular weight is 487 g/mol. The highest BCUT2D eigenvalue weighted by atomic mass is 127. The van der Waals surface area contributed by atoms with E-state index in [1.807, 2.05) is 25.5 Å². The summed E-state index contributed by atoms with van der Waals surface area (Å²) in [6, 6.07) is 1.87. The third kappa shape index (κ3) is 6.74. The van der Waals surface area contributed by atoms with Gasteiger partial charge in [0.15, 0.2) is 5.96 Å². The molecule has 3 heterocycles. The smallest absolute Gasteiger partial charge is 0.225 e. The van der Waals surface area contributed by atoms with E-state index in [4.69, 9.17) is 0 Å². The third-order valence-electron chi connectivity index (χ3n) is 5.31. The molecule has 0 saturated carbocycles. The number of rotatable bonds is 5. The summed E-state index contributed by atoms with van der Waals surface area (Å²) < 4.78 is 0. The molecule has 0 aromatic carbocycles. The number of piperazine rings is 1. The highest BCUT2D eigenvalue weighted by Crippen LogP contribution is 2.15. The van der Waals surface area contributed by atoms with E-state index in [9.17, 15) is 0 Å². The SMILES string of the molecule is CN=C(NCCCN1CCN(c2ncccn2)CC1)N1CCCC(C)C1.I. The lowest BCUT2D eigenvalue weighted by Gasteiger charge is -2.35. The molecule has 0 radical (unpaired) electrons. The molecular weight excluding hydrogens is 453 g/mol. The average Bonchev–Trinajstić information content (AvgIpc) is 2.69. The number of nitrogens with zero attached hydrogens (tertiary/aromatic N) is 6. The number of hydrogen-bond donors (Lipinski definition) is 1. The van der Waals surface area contributed by atoms with Crippen molar-refractivity contribution in [3.63, 3.8) is 0 Å². The van der Waals surface area contributed by atoms with Gasteiger partial charge < -0.3 is 15.1 Å². The lowest BCUT2D eigenvalue weighted by molar-refractivity contribution is 0.250. The lowest BCUT2D eigenvalue weighted by Crippen LogP contribution is -2.48. The summed E-state index contributed by atoms with van der Waals surface area (Å²) in [5.74, 6) is 2.70. The molecule has 0 aliphatic carbocycles. The van der Waals surface area contributed by atoms with Crippen LogP contribution in [0.4, 0.5) is 5.95 Å². The highest BCUT2D eigenvalue weighted by Gasteiger charge is 2.20. The molecule has 1 atom stereocenters. The van der Waals surface area contributed by atoms with Gasteiger partial charge in [-0.1, -0.05) is 6.92 Å². The highest BCUT2D eigenvalue weighted by molar-refractivity contribution is 14.0. The van der Waals surface area contributed by atoms with E-state index in [0.29, 0.717) is 0 Å². The second kappa shape index (κ2) is 11.6. The Hall–Kier alpha value is -1.16. The Balaban J connectivity index is 0.00000261. The molecule has 2 aliphatic heterocycles. The number of halogens is 1. The van der Waals surface area contributed by atoms with Crippen molar-refractivity contribution in [3.05, 3.63) is 18.5 Å². The maximum Gasteiger partial charge on any atom is 0.225 e. The van der Waals surface area contributed by atoms with Crippen LogP contribution in [0.2, 0.25) is 0 Å². The van der Waals surface area contributed by atoms with Crippen LogP contribution in [0.5, 0.6) is 0 Å². The topological polar surface area (TPSA) is 59.9 Å². The third-order valence-corrected chi connectivity index (χ3v) is 5.31. The van der Waals surface area contributed by atoms with E-state index < -0.39 is 0 Å². The van der Waals surface area contributed by atoms with E-state index in [1.54, 1.807) is 0 Å². The number of aromatic nitrogens is 2. The van der Waals surface area contributed by atoms with Crippen LogP contribution in [0.1, 0.15) is 26.2 Å². The van der Waals surface area contributed by atoms with Gasteiger partial charge in [0.2, 0.25) is 5.95 Å². The summed E-state index contributed by atoms with van der Waals surface area (Å²) in [5.41, 5.74) is 0. The summed E-state index contributed by atoms with van der Waals surface area (Å²) in [7, 11) is 1.90. The Morgan fingerprint density at radius 1 is 1.19 bits per heavy atom. The van der Waals surface area contributed by atoms with E-state index in [0.717, 1.165) is 76.6 Å². The number of anilines is 1. The zero-order valence-corrected chi connectivity index (χ0v) is 19.0. The number of piperidine rings is 1. The molecule has 1 aromatic heterocycles. The summed E-state index contributed by atoms with van der Waals surface area (Å²) >= 11 is 0. The first kappa shape index (κ1) is 22.1. The van der Waals surface area contributed by atoms with Gasteiger partial charge in [-0.15, -0.1) is 24.0 Å². The monoisotopic (exact) mass is 487 g/mol. The first-order valence-corrected chi connectivity index (χ1v) is 9.96. The quantitative estimate of drug-likeness (QED) is 0.297. The van der Waals surface area contributed by atoms with Gasteiger partial charge in [-0.05, 0) is 37.8 Å². The minimum Gasteiger partial charge on any atom is -0.356 e. The maximum absolute atomic E-state index is 4.47. The molecule has 0 bridgehead atoms. The van der Waals surface area contributed by atoms with Crippen LogP contribution in [-0.2, 0) is 0 Å². The van der Waals surface area contributed by atoms with E-state index in [1.165, 1.54) is 12.8 Å². The van der Waals surface area contributed by atoms with Crippen LogP contribution in [0.15, 0.2) is 23.5 Å². The Kier molecular flexibility index (Phi) is 9.53. The van der Waals surface area contributed by atoms with Crippen molar-refractivity contribution in [1.82, 2.24) is 25.1 Å². The molecule has 0 amide bonds. The van der Waals surface area contributed by atoms with Gasteiger partial charge in [0.1, 0.15) is 0 Å². The predicted molar refractivity (Wildman–Crippen MR) is 122 cm³/mol. The van der Waals surface area contributed by atoms with Crippen LogP contribution in [0.3, 0.4) is 0 Å². The number of hydrogen-bond acceptors (Lipinski definition) is 5. The summed E-state index contributed by atoms with van der Waals surface area (Å²) in [6.45, 7) is 10.9. The van der Waals surface area contributed by atoms with Gasteiger partial charge >= 0.3 is 0 Å². The first-order chi connectivity index (χ1) is 12.8. The van der Waals surface area contributed by atoms with Crippen LogP contribution in [0.25, 0.3) is 0 Å². The second-order valence-corrected chi connectivity index (χ2v) is 7.40. The minimum atomic E-state index is 0. The van der Waals surface area contributed by atoms with Gasteiger partial charge in [0, 0.05) is 65.3 Å². The molecule has 2 aliphatic rings. The van der Waals surface area contributed by atoms with Crippen molar-refractivity contribution in [1.29, 1.82) is 0 Å². The Morgan fingerprint density at radius 3 is 2.59 bits per heavy atom. The van der Waals surface area contributed by atoms with Gasteiger partial charge in [-0.3, -0.25) is 9.89 Å². The van der Waals surface area contributed by atoms with Crippen LogP contribution < -0.4 is 10.2 Å². The Morgan fingerprint density at radius 2 is 1.93 bits per heavy atom. The van der Waals surface area contributed by atoms with Crippen molar-refractivity contribution in [2.24, 2.45) is 10.9 Å². The largest absolute Gasteiger partial charge is 0.356 e. The Bertz CT molecular complexity index is 560. The van der Waals surface area contributed by atoms with Crippen molar-refractivity contribution >= 4 is 35.9 Å². The molecule has 3 rings (SSSR count). The van der Waals surface area contributed by atoms with Crippen molar-refractivity contribution in [2.45, 2.75) is 26.2 Å². The van der Waals surface area contributed by atoms with E-state index in [-0.39, 0.29) is 24.0 Å². The molecule has 152 valence electrons. The molecule has 2 fully saturated rings. The van der Waals surface area contributed by atoms with Crippen molar-refractivity contribution < 1.29 is 0 Å². The van der Waals surface area contributed by atoms with Gasteiger partial charge in [-0.25, -0.2) is 9.97 Å². The van der Waals surface area contributed by atoms with E-state index in [2.05, 4.69) is 41.9 Å². The first-order valence-electron chi connectivity index (χ1n) is 9.96. The molecular formula is C19H34IN7. The van der Waals surface area contributed by atoms with Gasteiger partial charge in [0.05, 0.1) is 0 Å². The molecule has 27 heavy (non-hydrogen) atoms. The van der Waals surface area contributed by atoms with E-state index >= 15 is 0 Å². The molecule has 1 aromatic rings. The van der Waals surface area contributed by atoms with Gasteiger partial charge in [0.25, 0.3) is 0 Å². The number of guanidine groups is 1. The number of aliphatic imine (C=N–C) groups is 1. The molecule has 1 N–H and O–H groups in total. The molecule has 0 spiro atoms. The fourth-order valence-corrected chi connectivity index (χ4v) is 3.84. The molecule has 7 nitrogen and oxygen atoms in total. The lowest BCUT2D eigenvalue weighted by atomic mass is 10.0. The Labute approximate surface area is 180 Å². The predicted octanol–water partition coefficient (Wildman–Crippen LogP) is 1.91. The second-order valence-electron chi connectivity index (χ2n) is 7.40. The number of likely N-dealkylation sites (tertiary alicyclic amines) is 1. The van der Waals surface area contributed by atoms with Crippen LogP contribution >= 0.6 is 24.0 Å².